The van der Waals surface area contributed by atoms with Crippen molar-refractivity contribution in [2.75, 3.05) is 24.7 Å². The number of anilines is 1. The van der Waals surface area contributed by atoms with E-state index in [9.17, 15) is 4.79 Å². The highest BCUT2D eigenvalue weighted by Gasteiger charge is 2.24. The van der Waals surface area contributed by atoms with Crippen LogP contribution in [0, 0.1) is 15.4 Å². The fourth-order valence-electron chi connectivity index (χ4n) is 1.78. The van der Waals surface area contributed by atoms with Crippen molar-refractivity contribution in [1.29, 1.82) is 0 Å². The van der Waals surface area contributed by atoms with E-state index in [4.69, 9.17) is 14.2 Å². The van der Waals surface area contributed by atoms with Crippen molar-refractivity contribution in [2.24, 2.45) is 0 Å². The van der Waals surface area contributed by atoms with Crippen LogP contribution in [0.3, 0.4) is 0 Å². The highest BCUT2D eigenvalue weighted by Crippen LogP contribution is 2.23. The van der Waals surface area contributed by atoms with Crippen LogP contribution in [0.1, 0.15) is 34.6 Å². The monoisotopic (exact) mass is 460 g/mol. The first kappa shape index (κ1) is 21.7. The summed E-state index contributed by atoms with van der Waals surface area (Å²) in [5.41, 5.74) is 0.0475. The maximum Gasteiger partial charge on any atom is 0.415 e. The molecule has 25 heavy (non-hydrogen) atoms. The Morgan fingerprint density at radius 2 is 1.96 bits per heavy atom. The van der Waals surface area contributed by atoms with E-state index >= 15 is 0 Å². The van der Waals surface area contributed by atoms with Gasteiger partial charge in [-0.3, -0.25) is 9.88 Å². The molecule has 0 aliphatic heterocycles. The fraction of sp³-hybridized carbons (Fsp3) is 0.556. The summed E-state index contributed by atoms with van der Waals surface area (Å²) < 4.78 is 17.1. The molecule has 7 heteroatoms. The summed E-state index contributed by atoms with van der Waals surface area (Å²) in [6, 6.07) is 1.82. The number of pyridine rings is 1. The Labute approximate surface area is 163 Å². The Bertz CT molecular complexity index is 613. The Hall–Kier alpha value is -1.37. The second-order valence-electron chi connectivity index (χ2n) is 5.96. The van der Waals surface area contributed by atoms with Crippen molar-refractivity contribution in [3.63, 3.8) is 0 Å². The van der Waals surface area contributed by atoms with Gasteiger partial charge in [-0.2, -0.15) is 0 Å². The van der Waals surface area contributed by atoms with E-state index in [0.29, 0.717) is 18.9 Å². The van der Waals surface area contributed by atoms with Crippen LogP contribution in [0.5, 0.6) is 0 Å². The van der Waals surface area contributed by atoms with E-state index in [2.05, 4.69) is 39.4 Å². The van der Waals surface area contributed by atoms with Gasteiger partial charge in [-0.1, -0.05) is 5.92 Å². The van der Waals surface area contributed by atoms with Crippen LogP contribution in [0.2, 0.25) is 0 Å². The Balaban J connectivity index is 3.00. The van der Waals surface area contributed by atoms with Gasteiger partial charge < -0.3 is 14.2 Å². The summed E-state index contributed by atoms with van der Waals surface area (Å²) in [6.07, 6.45) is 2.21. The number of hydrogen-bond acceptors (Lipinski definition) is 5. The zero-order valence-electron chi connectivity index (χ0n) is 15.3. The molecule has 0 aromatic carbocycles. The van der Waals surface area contributed by atoms with Gasteiger partial charge in [-0.15, -0.1) is 0 Å². The van der Waals surface area contributed by atoms with E-state index in [1.165, 1.54) is 4.90 Å². The summed E-state index contributed by atoms with van der Waals surface area (Å²) in [5, 5.41) is 0. The first-order valence-electron chi connectivity index (χ1n) is 8.10. The standard InChI is InChI=1S/C18H25IN2O4/c1-6-23-16(24-7-2)9-8-12-21(17(22)25-18(3,4)5)15-13-20-11-10-14(15)19/h10-11,13,16H,6-7,12H2,1-5H3. The minimum Gasteiger partial charge on any atom is -0.443 e. The predicted octanol–water partition coefficient (Wildman–Crippen LogP) is 3.83. The van der Waals surface area contributed by atoms with Crippen LogP contribution >= 0.6 is 22.6 Å². The summed E-state index contributed by atoms with van der Waals surface area (Å²) in [7, 11) is 0. The van der Waals surface area contributed by atoms with Crippen LogP contribution < -0.4 is 4.90 Å². The molecule has 0 atom stereocenters. The molecule has 1 aromatic heterocycles. The first-order chi connectivity index (χ1) is 11.8. The Morgan fingerprint density at radius 3 is 2.48 bits per heavy atom. The molecule has 0 unspecified atom stereocenters. The van der Waals surface area contributed by atoms with Crippen molar-refractivity contribution in [3.8, 4) is 11.8 Å². The lowest BCUT2D eigenvalue weighted by atomic mass is 10.2. The first-order valence-corrected chi connectivity index (χ1v) is 9.18. The maximum absolute atomic E-state index is 12.6. The second kappa shape index (κ2) is 10.6. The minimum absolute atomic E-state index is 0.146. The third kappa shape index (κ3) is 8.03. The molecule has 1 heterocycles. The van der Waals surface area contributed by atoms with E-state index < -0.39 is 18.0 Å². The molecular weight excluding hydrogens is 435 g/mol. The number of aromatic nitrogens is 1. The lowest BCUT2D eigenvalue weighted by Crippen LogP contribution is -2.37. The number of rotatable bonds is 6. The molecule has 1 aromatic rings. The van der Waals surface area contributed by atoms with Gasteiger partial charge in [0.15, 0.2) is 0 Å². The number of carbonyl (C=O) groups excluding carboxylic acids is 1. The van der Waals surface area contributed by atoms with Crippen LogP contribution in [0.4, 0.5) is 10.5 Å². The van der Waals surface area contributed by atoms with Crippen LogP contribution in [0.15, 0.2) is 18.5 Å². The number of halogens is 1. The number of nitrogens with zero attached hydrogens (tertiary/aromatic N) is 2. The lowest BCUT2D eigenvalue weighted by Gasteiger charge is -2.26. The van der Waals surface area contributed by atoms with Gasteiger partial charge in [0.05, 0.1) is 18.4 Å². The van der Waals surface area contributed by atoms with Crippen molar-refractivity contribution in [2.45, 2.75) is 46.5 Å². The zero-order valence-corrected chi connectivity index (χ0v) is 17.5. The third-order valence-electron chi connectivity index (χ3n) is 2.75. The highest BCUT2D eigenvalue weighted by atomic mass is 127. The van der Waals surface area contributed by atoms with Crippen molar-refractivity contribution < 1.29 is 19.0 Å². The topological polar surface area (TPSA) is 60.9 Å². The Kier molecular flexibility index (Phi) is 9.17. The number of ether oxygens (including phenoxy) is 3. The van der Waals surface area contributed by atoms with Gasteiger partial charge in [0.25, 0.3) is 0 Å². The second-order valence-corrected chi connectivity index (χ2v) is 7.12. The maximum atomic E-state index is 12.6. The average Bonchev–Trinajstić information content (AvgIpc) is 2.51. The average molecular weight is 460 g/mol. The molecule has 0 aliphatic carbocycles. The molecule has 0 N–H and O–H groups in total. The zero-order chi connectivity index (χ0) is 18.9. The summed E-state index contributed by atoms with van der Waals surface area (Å²) in [6.45, 7) is 10.4. The van der Waals surface area contributed by atoms with Crippen LogP contribution in [0.25, 0.3) is 0 Å². The van der Waals surface area contributed by atoms with E-state index in [-0.39, 0.29) is 6.54 Å². The Morgan fingerprint density at radius 1 is 1.32 bits per heavy atom. The van der Waals surface area contributed by atoms with Gasteiger partial charge in [-0.05, 0) is 69.2 Å². The molecular formula is C18H25IN2O4. The SMILES string of the molecule is CCOC(C#CCN(C(=O)OC(C)(C)C)c1cnccc1I)OCC. The molecule has 0 saturated heterocycles. The van der Waals surface area contributed by atoms with Crippen LogP contribution in [-0.4, -0.2) is 42.7 Å². The van der Waals surface area contributed by atoms with Gasteiger partial charge >= 0.3 is 6.09 Å². The minimum atomic E-state index is -0.608. The molecule has 0 bridgehead atoms. The third-order valence-corrected chi connectivity index (χ3v) is 3.66. The van der Waals surface area contributed by atoms with Gasteiger partial charge in [0, 0.05) is 23.0 Å². The predicted molar refractivity (Wildman–Crippen MR) is 105 cm³/mol. The van der Waals surface area contributed by atoms with Crippen LogP contribution in [-0.2, 0) is 14.2 Å². The molecule has 0 radical (unpaired) electrons. The highest BCUT2D eigenvalue weighted by molar-refractivity contribution is 14.1. The fourth-order valence-corrected chi connectivity index (χ4v) is 2.37. The number of amides is 1. The summed E-state index contributed by atoms with van der Waals surface area (Å²) >= 11 is 2.15. The quantitative estimate of drug-likeness (QED) is 0.367. The molecule has 0 aliphatic rings. The van der Waals surface area contributed by atoms with Crippen molar-refractivity contribution in [3.05, 3.63) is 22.0 Å². The summed E-state index contributed by atoms with van der Waals surface area (Å²) in [5.74, 6) is 5.83. The molecule has 0 spiro atoms. The lowest BCUT2D eigenvalue weighted by molar-refractivity contribution is -0.0970. The smallest absolute Gasteiger partial charge is 0.415 e. The summed E-state index contributed by atoms with van der Waals surface area (Å²) in [4.78, 5) is 18.1. The number of hydrogen-bond donors (Lipinski definition) is 0. The normalized spacial score (nSPS) is 11.0. The van der Waals surface area contributed by atoms with Gasteiger partial charge in [0.1, 0.15) is 5.60 Å². The van der Waals surface area contributed by atoms with E-state index in [1.807, 2.05) is 40.7 Å². The molecule has 0 saturated carbocycles. The van der Waals surface area contributed by atoms with Crippen molar-refractivity contribution >= 4 is 34.4 Å². The van der Waals surface area contributed by atoms with Gasteiger partial charge in [-0.25, -0.2) is 4.79 Å². The number of carbonyl (C=O) groups is 1. The molecule has 138 valence electrons. The largest absolute Gasteiger partial charge is 0.443 e. The van der Waals surface area contributed by atoms with E-state index in [0.717, 1.165) is 3.57 Å². The van der Waals surface area contributed by atoms with E-state index in [1.54, 1.807) is 12.4 Å². The molecule has 1 rings (SSSR count). The molecule has 0 fully saturated rings. The molecule has 6 nitrogen and oxygen atoms in total. The molecule has 1 amide bonds. The van der Waals surface area contributed by atoms with Gasteiger partial charge in [0.2, 0.25) is 6.29 Å². The van der Waals surface area contributed by atoms with Crippen molar-refractivity contribution in [1.82, 2.24) is 4.98 Å².